The predicted octanol–water partition coefficient (Wildman–Crippen LogP) is 2.34. The lowest BCUT2D eigenvalue weighted by molar-refractivity contribution is 0.598. The molecule has 0 spiro atoms. The fourth-order valence-electron chi connectivity index (χ4n) is 1.25. The molecule has 1 heterocycles. The highest BCUT2D eigenvalue weighted by molar-refractivity contribution is 9.10. The van der Waals surface area contributed by atoms with Gasteiger partial charge in [-0.05, 0) is 28.9 Å². The van der Waals surface area contributed by atoms with Crippen molar-refractivity contribution in [2.75, 3.05) is 17.3 Å². The Hall–Kier alpha value is -0.330. The standard InChI is InChI=1S/C9H12BrClN2O2S/c1-6(5-16(2,14)15)13-9-8(11)3-7(10)4-12-9/h3-4,6H,5H2,1-2H3,(H,12,13). The van der Waals surface area contributed by atoms with Gasteiger partial charge in [0, 0.05) is 23.0 Å². The number of nitrogens with zero attached hydrogens (tertiary/aromatic N) is 1. The Kier molecular flexibility index (Phi) is 4.58. The van der Waals surface area contributed by atoms with Gasteiger partial charge in [0.1, 0.15) is 15.7 Å². The minimum atomic E-state index is -3.01. The molecule has 4 nitrogen and oxygen atoms in total. The average molecular weight is 328 g/mol. The molecule has 0 fully saturated rings. The summed E-state index contributed by atoms with van der Waals surface area (Å²) in [7, 11) is -3.01. The first-order valence-corrected chi connectivity index (χ1v) is 7.76. The molecular weight excluding hydrogens is 316 g/mol. The van der Waals surface area contributed by atoms with E-state index in [-0.39, 0.29) is 11.8 Å². The van der Waals surface area contributed by atoms with Gasteiger partial charge in [-0.25, -0.2) is 13.4 Å². The summed E-state index contributed by atoms with van der Waals surface area (Å²) < 4.78 is 22.9. The minimum Gasteiger partial charge on any atom is -0.365 e. The molecule has 7 heteroatoms. The second-order valence-electron chi connectivity index (χ2n) is 3.62. The zero-order valence-electron chi connectivity index (χ0n) is 8.87. The zero-order chi connectivity index (χ0) is 12.3. The van der Waals surface area contributed by atoms with Crippen molar-refractivity contribution in [3.63, 3.8) is 0 Å². The van der Waals surface area contributed by atoms with Crippen molar-refractivity contribution in [3.8, 4) is 0 Å². The van der Waals surface area contributed by atoms with Crippen LogP contribution >= 0.6 is 27.5 Å². The lowest BCUT2D eigenvalue weighted by Gasteiger charge is -2.14. The highest BCUT2D eigenvalue weighted by atomic mass is 79.9. The van der Waals surface area contributed by atoms with Gasteiger partial charge in [-0.2, -0.15) is 0 Å². The van der Waals surface area contributed by atoms with Gasteiger partial charge in [-0.3, -0.25) is 0 Å². The van der Waals surface area contributed by atoms with Crippen molar-refractivity contribution < 1.29 is 8.42 Å². The van der Waals surface area contributed by atoms with E-state index in [0.717, 1.165) is 4.47 Å². The average Bonchev–Trinajstić information content (AvgIpc) is 2.06. The number of hydrogen-bond donors (Lipinski definition) is 1. The van der Waals surface area contributed by atoms with Crippen molar-refractivity contribution in [3.05, 3.63) is 21.8 Å². The third-order valence-electron chi connectivity index (χ3n) is 1.74. The maximum absolute atomic E-state index is 11.1. The van der Waals surface area contributed by atoms with Crippen molar-refractivity contribution in [1.29, 1.82) is 0 Å². The first-order valence-electron chi connectivity index (χ1n) is 4.53. The molecule has 0 bridgehead atoms. The molecule has 1 atom stereocenters. The molecule has 0 aliphatic rings. The van der Waals surface area contributed by atoms with Crippen molar-refractivity contribution in [2.24, 2.45) is 0 Å². The number of anilines is 1. The maximum atomic E-state index is 11.1. The highest BCUT2D eigenvalue weighted by Crippen LogP contribution is 2.23. The van der Waals surface area contributed by atoms with Crippen LogP contribution in [0.3, 0.4) is 0 Å². The number of nitrogens with one attached hydrogen (secondary N) is 1. The molecule has 90 valence electrons. The summed E-state index contributed by atoms with van der Waals surface area (Å²) in [6.07, 6.45) is 2.79. The van der Waals surface area contributed by atoms with Gasteiger partial charge >= 0.3 is 0 Å². The first-order chi connectivity index (χ1) is 7.28. The molecule has 0 saturated carbocycles. The van der Waals surface area contributed by atoms with Crippen LogP contribution in [-0.4, -0.2) is 31.5 Å². The Bertz CT molecular complexity index is 478. The molecule has 1 aromatic rings. The lowest BCUT2D eigenvalue weighted by Crippen LogP contribution is -2.25. The van der Waals surface area contributed by atoms with Crippen molar-refractivity contribution in [2.45, 2.75) is 13.0 Å². The van der Waals surface area contributed by atoms with Crippen molar-refractivity contribution >= 4 is 43.2 Å². The largest absolute Gasteiger partial charge is 0.365 e. The minimum absolute atomic E-state index is 0.0427. The Balaban J connectivity index is 2.73. The molecule has 1 rings (SSSR count). The topological polar surface area (TPSA) is 59.1 Å². The fourth-order valence-corrected chi connectivity index (χ4v) is 2.93. The molecular formula is C9H12BrClN2O2S. The Labute approximate surface area is 108 Å². The second kappa shape index (κ2) is 5.33. The Morgan fingerprint density at radius 2 is 2.25 bits per heavy atom. The summed E-state index contributed by atoms with van der Waals surface area (Å²) in [5.41, 5.74) is 0. The van der Waals surface area contributed by atoms with Gasteiger partial charge < -0.3 is 5.32 Å². The molecule has 0 amide bonds. The quantitative estimate of drug-likeness (QED) is 0.922. The van der Waals surface area contributed by atoms with Gasteiger partial charge in [0.05, 0.1) is 10.8 Å². The van der Waals surface area contributed by atoms with Crippen LogP contribution in [0.2, 0.25) is 5.02 Å². The van der Waals surface area contributed by atoms with Gasteiger partial charge in [0.2, 0.25) is 0 Å². The molecule has 1 N–H and O–H groups in total. The molecule has 0 saturated heterocycles. The van der Waals surface area contributed by atoms with Gasteiger partial charge in [0.25, 0.3) is 0 Å². The third-order valence-corrected chi connectivity index (χ3v) is 3.57. The molecule has 0 aromatic carbocycles. The van der Waals surface area contributed by atoms with E-state index in [9.17, 15) is 8.42 Å². The predicted molar refractivity (Wildman–Crippen MR) is 69.7 cm³/mol. The number of sulfone groups is 1. The van der Waals surface area contributed by atoms with Crippen LogP contribution in [0.5, 0.6) is 0 Å². The van der Waals surface area contributed by atoms with Crippen LogP contribution in [0.4, 0.5) is 5.82 Å². The normalized spacial score (nSPS) is 13.5. The maximum Gasteiger partial charge on any atom is 0.149 e. The van der Waals surface area contributed by atoms with Crippen LogP contribution < -0.4 is 5.32 Å². The van der Waals surface area contributed by atoms with E-state index < -0.39 is 9.84 Å². The molecule has 1 aromatic heterocycles. The summed E-state index contributed by atoms with van der Waals surface area (Å²) in [5, 5.41) is 3.40. The Morgan fingerprint density at radius 1 is 1.62 bits per heavy atom. The van der Waals surface area contributed by atoms with Crippen LogP contribution in [0.1, 0.15) is 6.92 Å². The summed E-state index contributed by atoms with van der Waals surface area (Å²) >= 11 is 9.18. The van der Waals surface area contributed by atoms with Crippen LogP contribution in [0, 0.1) is 0 Å². The Morgan fingerprint density at radius 3 is 2.75 bits per heavy atom. The summed E-state index contributed by atoms with van der Waals surface area (Å²) in [5.74, 6) is 0.530. The van der Waals surface area contributed by atoms with E-state index in [1.54, 1.807) is 19.2 Å². The number of aromatic nitrogens is 1. The molecule has 0 aliphatic heterocycles. The van der Waals surface area contributed by atoms with Gasteiger partial charge in [-0.15, -0.1) is 0 Å². The number of hydrogen-bond acceptors (Lipinski definition) is 4. The SMILES string of the molecule is CC(CS(C)(=O)=O)Nc1ncc(Br)cc1Cl. The first kappa shape index (κ1) is 13.7. The molecule has 0 radical (unpaired) electrons. The summed E-state index contributed by atoms with van der Waals surface area (Å²) in [6.45, 7) is 1.76. The molecule has 1 unspecified atom stereocenters. The van der Waals surface area contributed by atoms with E-state index in [2.05, 4.69) is 26.2 Å². The number of halogens is 2. The van der Waals surface area contributed by atoms with E-state index in [4.69, 9.17) is 11.6 Å². The van der Waals surface area contributed by atoms with Gasteiger partial charge in [0.15, 0.2) is 0 Å². The zero-order valence-corrected chi connectivity index (χ0v) is 12.0. The van der Waals surface area contributed by atoms with Crippen LogP contribution in [-0.2, 0) is 9.84 Å². The fraction of sp³-hybridized carbons (Fsp3) is 0.444. The number of pyridine rings is 1. The monoisotopic (exact) mass is 326 g/mol. The second-order valence-corrected chi connectivity index (χ2v) is 7.13. The lowest BCUT2D eigenvalue weighted by atomic mass is 10.3. The molecule has 0 aliphatic carbocycles. The van der Waals surface area contributed by atoms with Crippen LogP contribution in [0.25, 0.3) is 0 Å². The van der Waals surface area contributed by atoms with Crippen LogP contribution in [0.15, 0.2) is 16.7 Å². The highest BCUT2D eigenvalue weighted by Gasteiger charge is 2.12. The van der Waals surface area contributed by atoms with Gasteiger partial charge in [-0.1, -0.05) is 11.6 Å². The summed E-state index contributed by atoms with van der Waals surface area (Å²) in [6, 6.07) is 1.46. The van der Waals surface area contributed by atoms with E-state index in [1.807, 2.05) is 0 Å². The smallest absolute Gasteiger partial charge is 0.149 e. The van der Waals surface area contributed by atoms with E-state index >= 15 is 0 Å². The third kappa shape index (κ3) is 4.67. The number of rotatable bonds is 4. The van der Waals surface area contributed by atoms with Crippen molar-refractivity contribution in [1.82, 2.24) is 4.98 Å². The molecule has 16 heavy (non-hydrogen) atoms. The van der Waals surface area contributed by atoms with E-state index in [0.29, 0.717) is 10.8 Å². The van der Waals surface area contributed by atoms with E-state index in [1.165, 1.54) is 6.26 Å². The summed E-state index contributed by atoms with van der Waals surface area (Å²) in [4.78, 5) is 4.06.